The number of benzene rings is 2. The molecule has 0 N–H and O–H groups in total. The highest BCUT2D eigenvalue weighted by atomic mass is 19.4. The molecule has 0 saturated carbocycles. The molecule has 0 unspecified atom stereocenters. The lowest BCUT2D eigenvalue weighted by molar-refractivity contribution is -0.211. The zero-order valence-corrected chi connectivity index (χ0v) is 21.1. The Hall–Kier alpha value is -3.56. The van der Waals surface area contributed by atoms with Crippen LogP contribution in [-0.2, 0) is 37.0 Å². The van der Waals surface area contributed by atoms with E-state index < -0.39 is 41.6 Å². The number of esters is 2. The number of hydrogen-bond acceptors (Lipinski definition) is 6. The van der Waals surface area contributed by atoms with Crippen molar-refractivity contribution in [1.82, 2.24) is 4.90 Å². The Morgan fingerprint density at radius 1 is 1.03 bits per heavy atom. The average molecular weight is 522 g/mol. The normalized spacial score (nSPS) is 21.7. The van der Waals surface area contributed by atoms with Crippen molar-refractivity contribution in [3.05, 3.63) is 65.7 Å². The Kier molecular flexibility index (Phi) is 8.50. The predicted molar refractivity (Wildman–Crippen MR) is 127 cm³/mol. The molecule has 1 amide bonds. The van der Waals surface area contributed by atoms with E-state index in [-0.39, 0.29) is 25.5 Å². The van der Waals surface area contributed by atoms with E-state index in [0.29, 0.717) is 16.9 Å². The van der Waals surface area contributed by atoms with Crippen LogP contribution < -0.4 is 4.74 Å². The Labute approximate surface area is 213 Å². The number of hydrogen-bond donors (Lipinski definition) is 0. The maximum Gasteiger partial charge on any atom is 0.490 e. The smallest absolute Gasteiger partial charge is 0.490 e. The molecular formula is C27H30F3NO6. The number of halogens is 3. The standard InChI is InChI=1S/C27H30F3NO6/c1-17(2)14-21-22(37-25(34)27(28,29)30)26(3,24(33)36-16-19-8-6-5-7-9-19)23(32)31(21)15-18-10-12-20(35-4)13-11-18/h5-13,17,21-22H,14-16H2,1-4H3/t21-,22-,26+/m0/s1. The summed E-state index contributed by atoms with van der Waals surface area (Å²) in [6.07, 6.45) is -6.82. The third-order valence-electron chi connectivity index (χ3n) is 6.35. The molecule has 1 saturated heterocycles. The van der Waals surface area contributed by atoms with E-state index in [9.17, 15) is 27.6 Å². The summed E-state index contributed by atoms with van der Waals surface area (Å²) >= 11 is 0. The molecule has 1 fully saturated rings. The van der Waals surface area contributed by atoms with Crippen molar-refractivity contribution in [2.24, 2.45) is 11.3 Å². The van der Waals surface area contributed by atoms with E-state index in [1.165, 1.54) is 18.9 Å². The van der Waals surface area contributed by atoms with Crippen molar-refractivity contribution < 1.29 is 41.8 Å². The number of amides is 1. The minimum absolute atomic E-state index is 0.0121. The van der Waals surface area contributed by atoms with Crippen LogP contribution in [0.25, 0.3) is 0 Å². The van der Waals surface area contributed by atoms with Gasteiger partial charge in [0.1, 0.15) is 18.5 Å². The molecule has 3 rings (SSSR count). The molecule has 0 spiro atoms. The molecule has 37 heavy (non-hydrogen) atoms. The zero-order valence-electron chi connectivity index (χ0n) is 21.1. The van der Waals surface area contributed by atoms with Crippen molar-refractivity contribution in [3.8, 4) is 5.75 Å². The van der Waals surface area contributed by atoms with Gasteiger partial charge in [0.15, 0.2) is 5.41 Å². The zero-order chi connectivity index (χ0) is 27.4. The molecule has 200 valence electrons. The van der Waals surface area contributed by atoms with Crippen LogP contribution in [0.4, 0.5) is 13.2 Å². The van der Waals surface area contributed by atoms with Crippen LogP contribution in [0.15, 0.2) is 54.6 Å². The van der Waals surface area contributed by atoms with Crippen molar-refractivity contribution in [2.75, 3.05) is 7.11 Å². The van der Waals surface area contributed by atoms with Gasteiger partial charge in [-0.15, -0.1) is 0 Å². The Balaban J connectivity index is 1.99. The first kappa shape index (κ1) is 28.0. The van der Waals surface area contributed by atoms with E-state index >= 15 is 0 Å². The summed E-state index contributed by atoms with van der Waals surface area (Å²) in [5.41, 5.74) is -0.893. The van der Waals surface area contributed by atoms with Crippen molar-refractivity contribution >= 4 is 17.8 Å². The molecular weight excluding hydrogens is 491 g/mol. The fourth-order valence-corrected chi connectivity index (χ4v) is 4.42. The minimum atomic E-state index is -5.30. The molecule has 10 heteroatoms. The summed E-state index contributed by atoms with van der Waals surface area (Å²) in [6, 6.07) is 14.4. The SMILES string of the molecule is COc1ccc(CN2C(=O)[C@](C)(C(=O)OCc3ccccc3)[C@@H](OC(=O)C(F)(F)F)[C@@H]2CC(C)C)cc1. The molecule has 0 bridgehead atoms. The Bertz CT molecular complexity index is 1100. The summed E-state index contributed by atoms with van der Waals surface area (Å²) in [6.45, 7) is 4.61. The van der Waals surface area contributed by atoms with Crippen LogP contribution in [0.5, 0.6) is 5.75 Å². The van der Waals surface area contributed by atoms with Crippen LogP contribution >= 0.6 is 0 Å². The molecule has 7 nitrogen and oxygen atoms in total. The number of carbonyl (C=O) groups excluding carboxylic acids is 3. The highest BCUT2D eigenvalue weighted by Crippen LogP contribution is 2.43. The van der Waals surface area contributed by atoms with Crippen LogP contribution in [0, 0.1) is 11.3 Å². The van der Waals surface area contributed by atoms with Crippen molar-refractivity contribution in [3.63, 3.8) is 0 Å². The molecule has 1 aliphatic heterocycles. The van der Waals surface area contributed by atoms with Gasteiger partial charge in [0.05, 0.1) is 13.2 Å². The number of rotatable bonds is 9. The van der Waals surface area contributed by atoms with Crippen LogP contribution in [0.1, 0.15) is 38.3 Å². The minimum Gasteiger partial charge on any atom is -0.497 e. The summed E-state index contributed by atoms with van der Waals surface area (Å²) in [5, 5.41) is 0. The maximum atomic E-state index is 13.8. The molecule has 0 radical (unpaired) electrons. The van der Waals surface area contributed by atoms with Gasteiger partial charge in [-0.1, -0.05) is 56.3 Å². The monoisotopic (exact) mass is 521 g/mol. The summed E-state index contributed by atoms with van der Waals surface area (Å²) < 4.78 is 55.1. The summed E-state index contributed by atoms with van der Waals surface area (Å²) in [4.78, 5) is 40.4. The van der Waals surface area contributed by atoms with Gasteiger partial charge in [-0.3, -0.25) is 9.59 Å². The van der Waals surface area contributed by atoms with Gasteiger partial charge in [0.2, 0.25) is 5.91 Å². The Morgan fingerprint density at radius 3 is 2.19 bits per heavy atom. The quantitative estimate of drug-likeness (QED) is 0.352. The van der Waals surface area contributed by atoms with Crippen molar-refractivity contribution in [1.29, 1.82) is 0 Å². The molecule has 1 aliphatic rings. The van der Waals surface area contributed by atoms with Crippen LogP contribution in [-0.4, -0.2) is 48.2 Å². The lowest BCUT2D eigenvalue weighted by atomic mass is 9.82. The number of methoxy groups -OCH3 is 1. The van der Waals surface area contributed by atoms with Gasteiger partial charge in [-0.05, 0) is 42.5 Å². The highest BCUT2D eigenvalue weighted by molar-refractivity contribution is 6.05. The lowest BCUT2D eigenvalue weighted by Crippen LogP contribution is -2.48. The topological polar surface area (TPSA) is 82.1 Å². The van der Waals surface area contributed by atoms with E-state index in [1.807, 2.05) is 13.8 Å². The molecule has 1 heterocycles. The number of nitrogens with zero attached hydrogens (tertiary/aromatic N) is 1. The molecule has 0 aromatic heterocycles. The van der Waals surface area contributed by atoms with Crippen molar-refractivity contribution in [2.45, 2.75) is 58.7 Å². The van der Waals surface area contributed by atoms with Crippen LogP contribution in [0.3, 0.4) is 0 Å². The molecule has 0 aliphatic carbocycles. The van der Waals surface area contributed by atoms with E-state index in [1.54, 1.807) is 54.6 Å². The maximum absolute atomic E-state index is 13.8. The fraction of sp³-hybridized carbons (Fsp3) is 0.444. The predicted octanol–water partition coefficient (Wildman–Crippen LogP) is 4.68. The summed E-state index contributed by atoms with van der Waals surface area (Å²) in [5.74, 6) is -3.81. The average Bonchev–Trinajstić information content (AvgIpc) is 3.04. The second kappa shape index (κ2) is 11.2. The first-order valence-electron chi connectivity index (χ1n) is 11.8. The van der Waals surface area contributed by atoms with Gasteiger partial charge < -0.3 is 19.1 Å². The van der Waals surface area contributed by atoms with Gasteiger partial charge in [0.25, 0.3) is 0 Å². The van der Waals surface area contributed by atoms with Crippen LogP contribution in [0.2, 0.25) is 0 Å². The number of ether oxygens (including phenoxy) is 3. The second-order valence-electron chi connectivity index (χ2n) is 9.57. The molecule has 2 aromatic rings. The molecule has 2 aromatic carbocycles. The first-order chi connectivity index (χ1) is 17.4. The number of likely N-dealkylation sites (tertiary alicyclic amines) is 1. The Morgan fingerprint density at radius 2 is 1.65 bits per heavy atom. The largest absolute Gasteiger partial charge is 0.497 e. The van der Waals surface area contributed by atoms with Gasteiger partial charge >= 0.3 is 18.1 Å². The summed E-state index contributed by atoms with van der Waals surface area (Å²) in [7, 11) is 1.50. The van der Waals surface area contributed by atoms with Gasteiger partial charge in [-0.2, -0.15) is 13.2 Å². The fourth-order valence-electron chi connectivity index (χ4n) is 4.42. The first-order valence-corrected chi connectivity index (χ1v) is 11.8. The molecule has 3 atom stereocenters. The van der Waals surface area contributed by atoms with Gasteiger partial charge in [-0.25, -0.2) is 4.79 Å². The highest BCUT2D eigenvalue weighted by Gasteiger charge is 2.64. The van der Waals surface area contributed by atoms with E-state index in [2.05, 4.69) is 0 Å². The number of carbonyl (C=O) groups is 3. The second-order valence-corrected chi connectivity index (χ2v) is 9.57. The van der Waals surface area contributed by atoms with Gasteiger partial charge in [0, 0.05) is 6.54 Å². The lowest BCUT2D eigenvalue weighted by Gasteiger charge is -2.31. The third kappa shape index (κ3) is 6.23. The number of alkyl halides is 3. The van der Waals surface area contributed by atoms with E-state index in [4.69, 9.17) is 14.2 Å². The van der Waals surface area contributed by atoms with E-state index in [0.717, 1.165) is 0 Å². The third-order valence-corrected chi connectivity index (χ3v) is 6.35.